The quantitative estimate of drug-likeness (QED) is 0.489. The normalized spacial score (nSPS) is 10.4. The van der Waals surface area contributed by atoms with Gasteiger partial charge in [0.1, 0.15) is 17.2 Å². The first kappa shape index (κ1) is 17.1. The van der Waals surface area contributed by atoms with Gasteiger partial charge >= 0.3 is 5.97 Å². The van der Waals surface area contributed by atoms with Crippen LogP contribution in [0.5, 0.6) is 17.2 Å². The highest BCUT2D eigenvalue weighted by Crippen LogP contribution is 2.34. The number of aliphatic carboxylic acids is 1. The number of ether oxygens (including phenoxy) is 1. The number of hydrogen-bond acceptors (Lipinski definition) is 3. The summed E-state index contributed by atoms with van der Waals surface area (Å²) >= 11 is 6.20. The van der Waals surface area contributed by atoms with Gasteiger partial charge in [0.05, 0.1) is 17.1 Å². The van der Waals surface area contributed by atoms with Crippen LogP contribution < -0.4 is 4.74 Å². The standard InChI is InChI=1S/C14H9I3O4/c15-9-3-7(4-13(18)19)1-2-12(9)21-8-5-10(16)14(20)11(17)6-8/h1-3,5-6,20H,4H2,(H,18,19). The minimum absolute atomic E-state index is 0.00864. The van der Waals surface area contributed by atoms with Crippen LogP contribution >= 0.6 is 67.8 Å². The molecule has 0 fully saturated rings. The Morgan fingerprint density at radius 3 is 2.19 bits per heavy atom. The van der Waals surface area contributed by atoms with E-state index in [4.69, 9.17) is 9.84 Å². The molecule has 0 heterocycles. The number of aromatic hydroxyl groups is 1. The summed E-state index contributed by atoms with van der Waals surface area (Å²) in [6, 6.07) is 8.79. The van der Waals surface area contributed by atoms with Gasteiger partial charge in [0.2, 0.25) is 0 Å². The van der Waals surface area contributed by atoms with E-state index in [0.29, 0.717) is 18.6 Å². The van der Waals surface area contributed by atoms with Gasteiger partial charge in [-0.15, -0.1) is 0 Å². The second kappa shape index (κ2) is 7.31. The Hall–Kier alpha value is -0.300. The average Bonchev–Trinajstić information content (AvgIpc) is 2.38. The van der Waals surface area contributed by atoms with Crippen molar-refractivity contribution in [2.24, 2.45) is 0 Å². The number of benzene rings is 2. The predicted octanol–water partition coefficient (Wildman–Crippen LogP) is 4.63. The molecular formula is C14H9I3O4. The third-order valence-electron chi connectivity index (χ3n) is 2.57. The summed E-state index contributed by atoms with van der Waals surface area (Å²) in [5.41, 5.74) is 0.731. The summed E-state index contributed by atoms with van der Waals surface area (Å²) in [6.07, 6.45) is -0.00864. The number of halogens is 3. The molecule has 0 spiro atoms. The maximum atomic E-state index is 10.7. The lowest BCUT2D eigenvalue weighted by atomic mass is 10.1. The molecule has 0 saturated carbocycles. The largest absolute Gasteiger partial charge is 0.506 e. The summed E-state index contributed by atoms with van der Waals surface area (Å²) in [7, 11) is 0. The van der Waals surface area contributed by atoms with Gasteiger partial charge < -0.3 is 14.9 Å². The Labute approximate surface area is 162 Å². The molecule has 2 N–H and O–H groups in total. The monoisotopic (exact) mass is 622 g/mol. The summed E-state index contributed by atoms with van der Waals surface area (Å²) in [4.78, 5) is 10.7. The van der Waals surface area contributed by atoms with E-state index in [2.05, 4.69) is 22.6 Å². The highest BCUT2D eigenvalue weighted by molar-refractivity contribution is 14.1. The van der Waals surface area contributed by atoms with Gasteiger partial charge in [0, 0.05) is 0 Å². The SMILES string of the molecule is O=C(O)Cc1ccc(Oc2cc(I)c(O)c(I)c2)c(I)c1. The van der Waals surface area contributed by atoms with Crippen molar-refractivity contribution in [3.05, 3.63) is 46.6 Å². The van der Waals surface area contributed by atoms with Crippen LogP contribution in [0.2, 0.25) is 0 Å². The van der Waals surface area contributed by atoms with Gasteiger partial charge in [0.25, 0.3) is 0 Å². The fourth-order valence-corrected chi connectivity index (χ4v) is 4.04. The molecule has 2 aromatic carbocycles. The van der Waals surface area contributed by atoms with Crippen molar-refractivity contribution < 1.29 is 19.7 Å². The second-order valence-electron chi connectivity index (χ2n) is 4.17. The molecule has 4 nitrogen and oxygen atoms in total. The summed E-state index contributed by atoms with van der Waals surface area (Å²) < 4.78 is 8.08. The van der Waals surface area contributed by atoms with Gasteiger partial charge in [-0.25, -0.2) is 0 Å². The van der Waals surface area contributed by atoms with Gasteiger partial charge in [-0.05, 0) is 97.6 Å². The summed E-state index contributed by atoms with van der Waals surface area (Å²) in [6.45, 7) is 0. The zero-order chi connectivity index (χ0) is 15.6. The molecule has 0 unspecified atom stereocenters. The number of carboxylic acid groups (broad SMARTS) is 1. The van der Waals surface area contributed by atoms with E-state index in [1.807, 2.05) is 45.2 Å². The minimum atomic E-state index is -0.859. The van der Waals surface area contributed by atoms with Gasteiger partial charge in [0.15, 0.2) is 0 Å². The Morgan fingerprint density at radius 2 is 1.67 bits per heavy atom. The lowest BCUT2D eigenvalue weighted by Crippen LogP contribution is -2.00. The lowest BCUT2D eigenvalue weighted by molar-refractivity contribution is -0.136. The van der Waals surface area contributed by atoms with Crippen molar-refractivity contribution >= 4 is 73.7 Å². The third-order valence-corrected chi connectivity index (χ3v) is 5.06. The molecule has 0 saturated heterocycles. The highest BCUT2D eigenvalue weighted by Gasteiger charge is 2.10. The number of phenolic OH excluding ortho intramolecular Hbond substituents is 1. The van der Waals surface area contributed by atoms with E-state index in [-0.39, 0.29) is 12.2 Å². The van der Waals surface area contributed by atoms with E-state index >= 15 is 0 Å². The van der Waals surface area contributed by atoms with Crippen LogP contribution in [0.4, 0.5) is 0 Å². The average molecular weight is 622 g/mol. The first-order chi connectivity index (χ1) is 9.86. The molecule has 2 rings (SSSR count). The molecule has 0 radical (unpaired) electrons. The van der Waals surface area contributed by atoms with Crippen molar-refractivity contribution in [1.82, 2.24) is 0 Å². The fraction of sp³-hybridized carbons (Fsp3) is 0.0714. The van der Waals surface area contributed by atoms with E-state index in [1.54, 1.807) is 30.3 Å². The molecule has 0 aliphatic carbocycles. The van der Waals surface area contributed by atoms with E-state index in [1.165, 1.54) is 0 Å². The molecule has 7 heteroatoms. The molecule has 2 aromatic rings. The lowest BCUT2D eigenvalue weighted by Gasteiger charge is -2.11. The Bertz CT molecular complexity index is 678. The van der Waals surface area contributed by atoms with Crippen LogP contribution in [0.3, 0.4) is 0 Å². The summed E-state index contributed by atoms with van der Waals surface area (Å²) in [5.74, 6) is 0.671. The number of hydrogen-bond donors (Lipinski definition) is 2. The van der Waals surface area contributed by atoms with Crippen LogP contribution in [-0.2, 0) is 11.2 Å². The molecule has 0 atom stereocenters. The smallest absolute Gasteiger partial charge is 0.307 e. The first-order valence-corrected chi connectivity index (χ1v) is 8.96. The van der Waals surface area contributed by atoms with Crippen LogP contribution in [-0.4, -0.2) is 16.2 Å². The van der Waals surface area contributed by atoms with Gasteiger partial charge in [-0.3, -0.25) is 4.79 Å². The minimum Gasteiger partial charge on any atom is -0.506 e. The molecular weight excluding hydrogens is 613 g/mol. The van der Waals surface area contributed by atoms with Crippen molar-refractivity contribution in [3.8, 4) is 17.2 Å². The number of carbonyl (C=O) groups is 1. The van der Waals surface area contributed by atoms with Crippen molar-refractivity contribution in [2.75, 3.05) is 0 Å². The highest BCUT2D eigenvalue weighted by atomic mass is 127. The maximum Gasteiger partial charge on any atom is 0.307 e. The van der Waals surface area contributed by atoms with E-state index in [9.17, 15) is 9.90 Å². The molecule has 21 heavy (non-hydrogen) atoms. The molecule has 0 aromatic heterocycles. The van der Waals surface area contributed by atoms with E-state index < -0.39 is 5.97 Å². The molecule has 0 amide bonds. The second-order valence-corrected chi connectivity index (χ2v) is 7.66. The van der Waals surface area contributed by atoms with Gasteiger partial charge in [-0.2, -0.15) is 0 Å². The van der Waals surface area contributed by atoms with Crippen LogP contribution in [0.1, 0.15) is 5.56 Å². The van der Waals surface area contributed by atoms with Crippen LogP contribution in [0.25, 0.3) is 0 Å². The topological polar surface area (TPSA) is 66.8 Å². The number of phenols is 1. The summed E-state index contributed by atoms with van der Waals surface area (Å²) in [5, 5.41) is 18.5. The maximum absolute atomic E-state index is 10.7. The molecule has 0 aliphatic heterocycles. The molecule has 0 bridgehead atoms. The Morgan fingerprint density at radius 1 is 1.05 bits per heavy atom. The Balaban J connectivity index is 2.26. The van der Waals surface area contributed by atoms with Crippen molar-refractivity contribution in [1.29, 1.82) is 0 Å². The first-order valence-electron chi connectivity index (χ1n) is 5.73. The van der Waals surface area contributed by atoms with Crippen LogP contribution in [0, 0.1) is 10.7 Å². The molecule has 0 aliphatic rings. The number of rotatable bonds is 4. The number of carboxylic acids is 1. The third kappa shape index (κ3) is 4.58. The predicted molar refractivity (Wildman–Crippen MR) is 104 cm³/mol. The molecule has 110 valence electrons. The van der Waals surface area contributed by atoms with Crippen LogP contribution in [0.15, 0.2) is 30.3 Å². The van der Waals surface area contributed by atoms with Gasteiger partial charge in [-0.1, -0.05) is 6.07 Å². The van der Waals surface area contributed by atoms with E-state index in [0.717, 1.165) is 9.13 Å². The zero-order valence-corrected chi connectivity index (χ0v) is 16.9. The zero-order valence-electron chi connectivity index (χ0n) is 10.4. The fourth-order valence-electron chi connectivity index (χ4n) is 1.64. The van der Waals surface area contributed by atoms with Crippen molar-refractivity contribution in [3.63, 3.8) is 0 Å². The Kier molecular flexibility index (Phi) is 5.94. The van der Waals surface area contributed by atoms with Crippen molar-refractivity contribution in [2.45, 2.75) is 6.42 Å².